The molecular formula is C20H20F5N5O2. The Morgan fingerprint density at radius 1 is 1.31 bits per heavy atom. The molecule has 2 aromatic rings. The first-order chi connectivity index (χ1) is 15.2. The molecule has 0 saturated carbocycles. The number of alkyl halides is 5. The number of amides is 1. The van der Waals surface area contributed by atoms with E-state index in [2.05, 4.69) is 20.6 Å². The predicted octanol–water partition coefficient (Wildman–Crippen LogP) is 4.22. The second kappa shape index (κ2) is 8.49. The molecule has 0 spiro atoms. The number of hydrogen-bond donors (Lipinski definition) is 2. The van der Waals surface area contributed by atoms with Crippen molar-refractivity contribution in [2.24, 2.45) is 0 Å². The minimum atomic E-state index is -4.68. The number of piperazine rings is 1. The summed E-state index contributed by atoms with van der Waals surface area (Å²) in [6, 6.07) is 3.13. The third kappa shape index (κ3) is 4.31. The minimum Gasteiger partial charge on any atom is -0.435 e. The molecule has 2 aliphatic rings. The second-order valence-corrected chi connectivity index (χ2v) is 7.51. The highest BCUT2D eigenvalue weighted by Crippen LogP contribution is 2.41. The van der Waals surface area contributed by atoms with Crippen LogP contribution in [0.15, 0.2) is 24.4 Å². The van der Waals surface area contributed by atoms with Gasteiger partial charge >= 0.3 is 12.3 Å². The standard InChI is InChI=1S/C20H20F5N5O2/c1-2-11-9-30(6-5-26-11)14-8-10(20(23,24)25)7-13(28-14)12-3-4-27-18-15(12)16(17(21)22)32-19(31)29-18/h3-4,7-8,11,16-17,26H,2,5-6,9H2,1H3,(H,27,29,31)/t11-,16+/m0/s1. The highest BCUT2D eigenvalue weighted by molar-refractivity contribution is 5.89. The molecule has 32 heavy (non-hydrogen) atoms. The van der Waals surface area contributed by atoms with Crippen molar-refractivity contribution >= 4 is 17.7 Å². The number of carbonyl (C=O) groups excluding carboxylic acids is 1. The zero-order chi connectivity index (χ0) is 23.0. The van der Waals surface area contributed by atoms with Gasteiger partial charge < -0.3 is 15.0 Å². The normalized spacial score (nSPS) is 21.2. The van der Waals surface area contributed by atoms with Crippen LogP contribution in [0.5, 0.6) is 0 Å². The van der Waals surface area contributed by atoms with Crippen LogP contribution in [0.4, 0.5) is 38.4 Å². The summed E-state index contributed by atoms with van der Waals surface area (Å²) in [6.07, 6.45) is -8.88. The zero-order valence-electron chi connectivity index (χ0n) is 16.9. The molecule has 0 bridgehead atoms. The Morgan fingerprint density at radius 3 is 2.78 bits per heavy atom. The Balaban J connectivity index is 1.86. The SMILES string of the molecule is CC[C@H]1CN(c2cc(C(F)(F)F)cc(-c3ccnc4c3[C@H](C(F)F)OC(=O)N4)n2)CCN1. The molecular weight excluding hydrogens is 437 g/mol. The fourth-order valence-electron chi connectivity index (χ4n) is 3.85. The van der Waals surface area contributed by atoms with E-state index in [1.165, 1.54) is 12.3 Å². The molecule has 7 nitrogen and oxygen atoms in total. The van der Waals surface area contributed by atoms with Gasteiger partial charge in [0.05, 0.1) is 16.8 Å². The number of carbonyl (C=O) groups is 1. The van der Waals surface area contributed by atoms with E-state index in [1.807, 2.05) is 6.92 Å². The van der Waals surface area contributed by atoms with Crippen LogP contribution in [0, 0.1) is 0 Å². The van der Waals surface area contributed by atoms with Gasteiger partial charge in [0, 0.05) is 37.4 Å². The molecule has 1 fully saturated rings. The number of rotatable bonds is 4. The van der Waals surface area contributed by atoms with Crippen LogP contribution in [-0.2, 0) is 10.9 Å². The van der Waals surface area contributed by atoms with Gasteiger partial charge in [-0.05, 0) is 24.6 Å². The Morgan fingerprint density at radius 2 is 2.09 bits per heavy atom. The Labute approximate surface area is 180 Å². The molecule has 1 saturated heterocycles. The molecule has 0 aromatic carbocycles. The molecule has 4 heterocycles. The highest BCUT2D eigenvalue weighted by atomic mass is 19.4. The van der Waals surface area contributed by atoms with Crippen LogP contribution in [0.25, 0.3) is 11.3 Å². The zero-order valence-corrected chi connectivity index (χ0v) is 16.9. The van der Waals surface area contributed by atoms with Crippen molar-refractivity contribution in [1.29, 1.82) is 0 Å². The number of aromatic nitrogens is 2. The summed E-state index contributed by atoms with van der Waals surface area (Å²) in [4.78, 5) is 21.6. The van der Waals surface area contributed by atoms with Crippen LogP contribution >= 0.6 is 0 Å². The summed E-state index contributed by atoms with van der Waals surface area (Å²) in [5.74, 6) is -0.104. The molecule has 0 radical (unpaired) electrons. The lowest BCUT2D eigenvalue weighted by atomic mass is 9.98. The van der Waals surface area contributed by atoms with Crippen LogP contribution in [0.2, 0.25) is 0 Å². The van der Waals surface area contributed by atoms with Gasteiger partial charge in [-0.15, -0.1) is 0 Å². The van der Waals surface area contributed by atoms with Gasteiger partial charge in [0.15, 0.2) is 6.10 Å². The average Bonchev–Trinajstić information content (AvgIpc) is 2.77. The fourth-order valence-corrected chi connectivity index (χ4v) is 3.85. The third-order valence-corrected chi connectivity index (χ3v) is 5.45. The summed E-state index contributed by atoms with van der Waals surface area (Å²) in [6.45, 7) is 3.44. The Bertz CT molecular complexity index is 1020. The lowest BCUT2D eigenvalue weighted by Crippen LogP contribution is -2.50. The van der Waals surface area contributed by atoms with Gasteiger partial charge in [0.1, 0.15) is 11.6 Å². The van der Waals surface area contributed by atoms with Gasteiger partial charge in [-0.2, -0.15) is 13.2 Å². The van der Waals surface area contributed by atoms with Gasteiger partial charge in [-0.25, -0.2) is 23.5 Å². The van der Waals surface area contributed by atoms with Crippen LogP contribution < -0.4 is 15.5 Å². The molecule has 12 heteroatoms. The van der Waals surface area contributed by atoms with E-state index in [1.54, 1.807) is 4.90 Å². The highest BCUT2D eigenvalue weighted by Gasteiger charge is 2.38. The molecule has 0 unspecified atom stereocenters. The summed E-state index contributed by atoms with van der Waals surface area (Å²) in [5, 5.41) is 5.50. The quantitative estimate of drug-likeness (QED) is 0.670. The molecule has 0 aliphatic carbocycles. The van der Waals surface area contributed by atoms with Crippen molar-refractivity contribution in [2.75, 3.05) is 29.9 Å². The number of ether oxygens (including phenoxy) is 1. The van der Waals surface area contributed by atoms with Crippen LogP contribution in [0.3, 0.4) is 0 Å². The lowest BCUT2D eigenvalue weighted by molar-refractivity contribution is -0.137. The van der Waals surface area contributed by atoms with E-state index in [-0.39, 0.29) is 34.5 Å². The van der Waals surface area contributed by atoms with Crippen molar-refractivity contribution in [1.82, 2.24) is 15.3 Å². The Kier molecular flexibility index (Phi) is 5.89. The summed E-state index contributed by atoms with van der Waals surface area (Å²) in [7, 11) is 0. The maximum Gasteiger partial charge on any atom is 0.416 e. The predicted molar refractivity (Wildman–Crippen MR) is 106 cm³/mol. The summed E-state index contributed by atoms with van der Waals surface area (Å²) in [5.41, 5.74) is -1.35. The van der Waals surface area contributed by atoms with E-state index in [9.17, 15) is 26.7 Å². The van der Waals surface area contributed by atoms with E-state index in [4.69, 9.17) is 4.74 Å². The number of pyridine rings is 2. The molecule has 2 aromatic heterocycles. The van der Waals surface area contributed by atoms with Gasteiger partial charge in [-0.3, -0.25) is 5.32 Å². The van der Waals surface area contributed by atoms with E-state index in [0.29, 0.717) is 19.6 Å². The van der Waals surface area contributed by atoms with Crippen molar-refractivity contribution in [3.63, 3.8) is 0 Å². The molecule has 172 valence electrons. The number of fused-ring (bicyclic) bond motifs is 1. The number of anilines is 2. The van der Waals surface area contributed by atoms with Gasteiger partial charge in [0.2, 0.25) is 0 Å². The van der Waals surface area contributed by atoms with Crippen LogP contribution in [-0.4, -0.2) is 48.2 Å². The number of nitrogens with zero attached hydrogens (tertiary/aromatic N) is 3. The largest absolute Gasteiger partial charge is 0.435 e. The van der Waals surface area contributed by atoms with E-state index >= 15 is 0 Å². The number of nitrogens with one attached hydrogen (secondary N) is 2. The lowest BCUT2D eigenvalue weighted by Gasteiger charge is -2.34. The van der Waals surface area contributed by atoms with Gasteiger partial charge in [-0.1, -0.05) is 6.92 Å². The number of hydrogen-bond acceptors (Lipinski definition) is 6. The van der Waals surface area contributed by atoms with Crippen molar-refractivity contribution < 1.29 is 31.5 Å². The molecule has 2 atom stereocenters. The average molecular weight is 457 g/mol. The van der Waals surface area contributed by atoms with Crippen molar-refractivity contribution in [2.45, 2.75) is 38.1 Å². The molecule has 2 aliphatic heterocycles. The first-order valence-corrected chi connectivity index (χ1v) is 10.00. The first kappa shape index (κ1) is 22.2. The number of cyclic esters (lactones) is 1. The maximum atomic E-state index is 13.7. The third-order valence-electron chi connectivity index (χ3n) is 5.45. The molecule has 2 N–H and O–H groups in total. The van der Waals surface area contributed by atoms with Gasteiger partial charge in [0.25, 0.3) is 6.43 Å². The smallest absolute Gasteiger partial charge is 0.416 e. The van der Waals surface area contributed by atoms with Crippen molar-refractivity contribution in [3.8, 4) is 11.3 Å². The summed E-state index contributed by atoms with van der Waals surface area (Å²) < 4.78 is 73.1. The monoisotopic (exact) mass is 457 g/mol. The minimum absolute atomic E-state index is 0.0187. The van der Waals surface area contributed by atoms with Crippen molar-refractivity contribution in [3.05, 3.63) is 35.5 Å². The second-order valence-electron chi connectivity index (χ2n) is 7.51. The molecule has 1 amide bonds. The molecule has 4 rings (SSSR count). The van der Waals surface area contributed by atoms with E-state index in [0.717, 1.165) is 18.6 Å². The Hall–Kier alpha value is -3.02. The summed E-state index contributed by atoms with van der Waals surface area (Å²) >= 11 is 0. The first-order valence-electron chi connectivity index (χ1n) is 10.00. The topological polar surface area (TPSA) is 79.4 Å². The van der Waals surface area contributed by atoms with Crippen LogP contribution in [0.1, 0.15) is 30.6 Å². The fraction of sp³-hybridized carbons (Fsp3) is 0.450. The van der Waals surface area contributed by atoms with E-state index < -0.39 is 30.4 Å². The number of halogens is 5. The maximum absolute atomic E-state index is 13.7.